The predicted molar refractivity (Wildman–Crippen MR) is 71.4 cm³/mol. The van der Waals surface area contributed by atoms with Gasteiger partial charge in [-0.2, -0.15) is 0 Å². The third-order valence-electron chi connectivity index (χ3n) is 3.42. The number of nitrogens with one attached hydrogen (secondary N) is 1. The van der Waals surface area contributed by atoms with Gasteiger partial charge in [0.15, 0.2) is 0 Å². The van der Waals surface area contributed by atoms with E-state index in [4.69, 9.17) is 5.73 Å². The molecule has 2 heterocycles. The van der Waals surface area contributed by atoms with E-state index in [9.17, 15) is 9.59 Å². The number of carbonyl (C=O) groups excluding carboxylic acids is 2. The molecule has 2 amide bonds. The van der Waals surface area contributed by atoms with E-state index >= 15 is 0 Å². The van der Waals surface area contributed by atoms with E-state index in [-0.39, 0.29) is 0 Å². The van der Waals surface area contributed by atoms with E-state index in [2.05, 4.69) is 15.2 Å². The van der Waals surface area contributed by atoms with Crippen LogP contribution < -0.4 is 16.0 Å². The highest BCUT2D eigenvalue weighted by Crippen LogP contribution is 2.22. The number of hydrogen-bond donors (Lipinski definition) is 2. The van der Waals surface area contributed by atoms with Gasteiger partial charge in [0.2, 0.25) is 0 Å². The molecule has 0 bridgehead atoms. The Labute approximate surface area is 112 Å². The molecule has 0 aliphatic carbocycles. The van der Waals surface area contributed by atoms with Crippen LogP contribution in [0.25, 0.3) is 0 Å². The molecule has 102 valence electrons. The van der Waals surface area contributed by atoms with Crippen molar-refractivity contribution in [2.24, 2.45) is 11.7 Å². The summed E-state index contributed by atoms with van der Waals surface area (Å²) in [5.74, 6) is -1.22. The second-order valence-corrected chi connectivity index (χ2v) is 4.71. The van der Waals surface area contributed by atoms with Crippen molar-refractivity contribution in [1.82, 2.24) is 10.3 Å². The number of carbonyl (C=O) groups is 2. The van der Waals surface area contributed by atoms with Gasteiger partial charge in [-0.3, -0.25) is 14.6 Å². The number of nitrogens with zero attached hydrogens (tertiary/aromatic N) is 2. The summed E-state index contributed by atoms with van der Waals surface area (Å²) in [6, 6.07) is 3.99. The fourth-order valence-corrected chi connectivity index (χ4v) is 2.27. The zero-order valence-corrected chi connectivity index (χ0v) is 10.7. The summed E-state index contributed by atoms with van der Waals surface area (Å²) in [6.07, 6.45) is 5.55. The molecule has 1 aliphatic heterocycles. The molecule has 19 heavy (non-hydrogen) atoms. The molecule has 0 saturated carbocycles. The lowest BCUT2D eigenvalue weighted by molar-refractivity contribution is -0.137. The van der Waals surface area contributed by atoms with E-state index in [0.29, 0.717) is 12.5 Å². The highest BCUT2D eigenvalue weighted by molar-refractivity contribution is 6.34. The Morgan fingerprint density at radius 1 is 1.32 bits per heavy atom. The molecule has 3 N–H and O–H groups in total. The SMILES string of the molecule is NC(=O)C(=O)NCC1CCN(c2ccncc2)CC1. The van der Waals surface area contributed by atoms with Crippen LogP contribution in [0.1, 0.15) is 12.8 Å². The molecule has 6 nitrogen and oxygen atoms in total. The van der Waals surface area contributed by atoms with Crippen molar-refractivity contribution in [3.05, 3.63) is 24.5 Å². The average molecular weight is 262 g/mol. The van der Waals surface area contributed by atoms with Crippen LogP contribution in [0.4, 0.5) is 5.69 Å². The minimum Gasteiger partial charge on any atom is -0.371 e. The first kappa shape index (κ1) is 13.3. The summed E-state index contributed by atoms with van der Waals surface area (Å²) >= 11 is 0. The standard InChI is InChI=1S/C13H18N4O2/c14-12(18)13(19)16-9-10-3-7-17(8-4-10)11-1-5-15-6-2-11/h1-2,5-6,10H,3-4,7-9H2,(H2,14,18)(H,16,19). The fourth-order valence-electron chi connectivity index (χ4n) is 2.27. The molecule has 0 aromatic carbocycles. The summed E-state index contributed by atoms with van der Waals surface area (Å²) < 4.78 is 0. The molecule has 1 aliphatic rings. The van der Waals surface area contributed by atoms with Crippen LogP contribution in [0.15, 0.2) is 24.5 Å². The molecule has 2 rings (SSSR count). The number of primary amides is 1. The summed E-state index contributed by atoms with van der Waals surface area (Å²) in [5.41, 5.74) is 6.06. The van der Waals surface area contributed by atoms with Gasteiger partial charge in [-0.15, -0.1) is 0 Å². The normalized spacial score (nSPS) is 16.1. The zero-order chi connectivity index (χ0) is 13.7. The van der Waals surface area contributed by atoms with Crippen LogP contribution >= 0.6 is 0 Å². The number of pyridine rings is 1. The number of piperidine rings is 1. The average Bonchev–Trinajstić information content (AvgIpc) is 2.46. The smallest absolute Gasteiger partial charge is 0.309 e. The van der Waals surface area contributed by atoms with Crippen molar-refractivity contribution in [3.63, 3.8) is 0 Å². The maximum absolute atomic E-state index is 11.1. The van der Waals surface area contributed by atoms with Crippen LogP contribution in [0, 0.1) is 5.92 Å². The summed E-state index contributed by atoms with van der Waals surface area (Å²) in [4.78, 5) is 28.0. The molecular formula is C13H18N4O2. The lowest BCUT2D eigenvalue weighted by Gasteiger charge is -2.33. The van der Waals surface area contributed by atoms with Crippen LogP contribution in [-0.2, 0) is 9.59 Å². The molecule has 1 aromatic rings. The lowest BCUT2D eigenvalue weighted by atomic mass is 9.96. The third-order valence-corrected chi connectivity index (χ3v) is 3.42. The van der Waals surface area contributed by atoms with Crippen molar-refractivity contribution >= 4 is 17.5 Å². The van der Waals surface area contributed by atoms with Gasteiger partial charge in [-0.25, -0.2) is 0 Å². The molecule has 0 radical (unpaired) electrons. The van der Waals surface area contributed by atoms with E-state index < -0.39 is 11.8 Å². The second kappa shape index (κ2) is 6.17. The molecule has 0 unspecified atom stereocenters. The van der Waals surface area contributed by atoms with Crippen LogP contribution in [0.3, 0.4) is 0 Å². The predicted octanol–water partition coefficient (Wildman–Crippen LogP) is -0.101. The Hall–Kier alpha value is -2.11. The number of rotatable bonds is 3. The summed E-state index contributed by atoms with van der Waals surface area (Å²) in [5, 5.41) is 2.56. The fraction of sp³-hybridized carbons (Fsp3) is 0.462. The molecule has 1 aromatic heterocycles. The van der Waals surface area contributed by atoms with E-state index in [1.807, 2.05) is 12.1 Å². The van der Waals surface area contributed by atoms with Gasteiger partial charge >= 0.3 is 11.8 Å². The number of amides is 2. The summed E-state index contributed by atoms with van der Waals surface area (Å²) in [7, 11) is 0. The van der Waals surface area contributed by atoms with Crippen molar-refractivity contribution < 1.29 is 9.59 Å². The van der Waals surface area contributed by atoms with Gasteiger partial charge in [0, 0.05) is 37.7 Å². The highest BCUT2D eigenvalue weighted by Gasteiger charge is 2.20. The van der Waals surface area contributed by atoms with Gasteiger partial charge in [0.05, 0.1) is 0 Å². The minimum atomic E-state index is -0.922. The first-order chi connectivity index (χ1) is 9.16. The van der Waals surface area contributed by atoms with Crippen molar-refractivity contribution in [2.75, 3.05) is 24.5 Å². The number of nitrogens with two attached hydrogens (primary N) is 1. The van der Waals surface area contributed by atoms with Gasteiger partial charge in [0.1, 0.15) is 0 Å². The van der Waals surface area contributed by atoms with Gasteiger partial charge in [0.25, 0.3) is 0 Å². The van der Waals surface area contributed by atoms with Crippen molar-refractivity contribution in [1.29, 1.82) is 0 Å². The first-order valence-corrected chi connectivity index (χ1v) is 6.39. The van der Waals surface area contributed by atoms with E-state index in [1.54, 1.807) is 12.4 Å². The molecule has 0 atom stereocenters. The zero-order valence-electron chi connectivity index (χ0n) is 10.7. The van der Waals surface area contributed by atoms with Crippen LogP contribution in [-0.4, -0.2) is 36.4 Å². The van der Waals surface area contributed by atoms with Crippen molar-refractivity contribution in [2.45, 2.75) is 12.8 Å². The minimum absolute atomic E-state index is 0.404. The van der Waals surface area contributed by atoms with Gasteiger partial charge in [-0.1, -0.05) is 0 Å². The third kappa shape index (κ3) is 3.67. The molecule has 6 heteroatoms. The Balaban J connectivity index is 1.77. The monoisotopic (exact) mass is 262 g/mol. The number of aromatic nitrogens is 1. The largest absolute Gasteiger partial charge is 0.371 e. The topological polar surface area (TPSA) is 88.3 Å². The Morgan fingerprint density at radius 3 is 2.53 bits per heavy atom. The Morgan fingerprint density at radius 2 is 1.95 bits per heavy atom. The number of hydrogen-bond acceptors (Lipinski definition) is 4. The van der Waals surface area contributed by atoms with E-state index in [1.165, 1.54) is 5.69 Å². The molecule has 1 fully saturated rings. The van der Waals surface area contributed by atoms with Gasteiger partial charge in [-0.05, 0) is 30.9 Å². The van der Waals surface area contributed by atoms with Crippen LogP contribution in [0.5, 0.6) is 0 Å². The maximum atomic E-state index is 11.1. The maximum Gasteiger partial charge on any atom is 0.309 e. The Kier molecular flexibility index (Phi) is 4.33. The van der Waals surface area contributed by atoms with Crippen LogP contribution in [0.2, 0.25) is 0 Å². The Bertz CT molecular complexity index is 441. The van der Waals surface area contributed by atoms with Gasteiger partial charge < -0.3 is 16.0 Å². The molecular weight excluding hydrogens is 244 g/mol. The molecule has 1 saturated heterocycles. The molecule has 0 spiro atoms. The van der Waals surface area contributed by atoms with Crippen molar-refractivity contribution in [3.8, 4) is 0 Å². The lowest BCUT2D eigenvalue weighted by Crippen LogP contribution is -2.42. The summed E-state index contributed by atoms with van der Waals surface area (Å²) in [6.45, 7) is 2.41. The quantitative estimate of drug-likeness (QED) is 0.744. The second-order valence-electron chi connectivity index (χ2n) is 4.71. The highest BCUT2D eigenvalue weighted by atomic mass is 16.2. The van der Waals surface area contributed by atoms with E-state index in [0.717, 1.165) is 25.9 Å². The number of anilines is 1. The first-order valence-electron chi connectivity index (χ1n) is 6.39.